The second kappa shape index (κ2) is 9.41. The van der Waals surface area contributed by atoms with Crippen LogP contribution in [-0.4, -0.2) is 74.7 Å². The standard InChI is InChI=1S/C21H28N4O3/c1-23(15-17-7-6-8-18(27-2)21(17)28-3)20(26)16-24-11-13-25(14-12-24)19-9-4-5-10-22-19/h4-10H,11-16H2,1-3H3. The molecule has 2 aromatic rings. The van der Waals surface area contributed by atoms with Crippen molar-refractivity contribution in [1.29, 1.82) is 0 Å². The fourth-order valence-electron chi connectivity index (χ4n) is 3.41. The van der Waals surface area contributed by atoms with Gasteiger partial charge in [0.05, 0.1) is 20.8 Å². The summed E-state index contributed by atoms with van der Waals surface area (Å²) >= 11 is 0. The maximum absolute atomic E-state index is 12.7. The zero-order chi connectivity index (χ0) is 19.9. The zero-order valence-electron chi connectivity index (χ0n) is 16.8. The number of rotatable bonds is 7. The van der Waals surface area contributed by atoms with Gasteiger partial charge in [-0.05, 0) is 18.2 Å². The Morgan fingerprint density at radius 2 is 1.86 bits per heavy atom. The molecule has 1 aliphatic heterocycles. The zero-order valence-corrected chi connectivity index (χ0v) is 16.8. The van der Waals surface area contributed by atoms with Gasteiger partial charge in [-0.1, -0.05) is 18.2 Å². The number of hydrogen-bond donors (Lipinski definition) is 0. The first-order valence-corrected chi connectivity index (χ1v) is 9.44. The predicted molar refractivity (Wildman–Crippen MR) is 109 cm³/mol. The van der Waals surface area contributed by atoms with E-state index in [0.29, 0.717) is 24.6 Å². The number of anilines is 1. The van der Waals surface area contributed by atoms with Crippen LogP contribution in [0.3, 0.4) is 0 Å². The lowest BCUT2D eigenvalue weighted by atomic mass is 10.1. The van der Waals surface area contributed by atoms with E-state index in [1.807, 2.05) is 49.6 Å². The number of amides is 1. The molecule has 0 bridgehead atoms. The monoisotopic (exact) mass is 384 g/mol. The predicted octanol–water partition coefficient (Wildman–Crippen LogP) is 1.88. The van der Waals surface area contributed by atoms with Crippen molar-refractivity contribution in [3.63, 3.8) is 0 Å². The Labute approximate surface area is 166 Å². The molecule has 0 spiro atoms. The van der Waals surface area contributed by atoms with E-state index in [4.69, 9.17) is 9.47 Å². The number of piperazine rings is 1. The third kappa shape index (κ3) is 4.72. The number of likely N-dealkylation sites (N-methyl/N-ethyl adjacent to an activating group) is 1. The molecule has 1 fully saturated rings. The van der Waals surface area contributed by atoms with Crippen molar-refractivity contribution in [2.45, 2.75) is 6.54 Å². The molecule has 7 nitrogen and oxygen atoms in total. The van der Waals surface area contributed by atoms with Gasteiger partial charge in [0.1, 0.15) is 5.82 Å². The lowest BCUT2D eigenvalue weighted by molar-refractivity contribution is -0.131. The quantitative estimate of drug-likeness (QED) is 0.727. The molecular weight excluding hydrogens is 356 g/mol. The molecule has 0 unspecified atom stereocenters. The number of benzene rings is 1. The number of ether oxygens (including phenoxy) is 2. The summed E-state index contributed by atoms with van der Waals surface area (Å²) in [4.78, 5) is 23.3. The minimum absolute atomic E-state index is 0.0937. The third-order valence-electron chi connectivity index (χ3n) is 5.02. The summed E-state index contributed by atoms with van der Waals surface area (Å²) in [5.41, 5.74) is 0.928. The molecule has 1 aliphatic rings. The summed E-state index contributed by atoms with van der Waals surface area (Å²) in [6, 6.07) is 11.7. The second-order valence-corrected chi connectivity index (χ2v) is 6.85. The highest BCUT2D eigenvalue weighted by Gasteiger charge is 2.22. The Kier molecular flexibility index (Phi) is 6.71. The summed E-state index contributed by atoms with van der Waals surface area (Å²) in [7, 11) is 5.05. The Hall–Kier alpha value is -2.80. The molecule has 28 heavy (non-hydrogen) atoms. The van der Waals surface area contributed by atoms with Crippen LogP contribution in [0.4, 0.5) is 5.82 Å². The van der Waals surface area contributed by atoms with Crippen LogP contribution in [0.1, 0.15) is 5.56 Å². The largest absolute Gasteiger partial charge is 0.493 e. The van der Waals surface area contributed by atoms with E-state index in [9.17, 15) is 4.79 Å². The number of carbonyl (C=O) groups excluding carboxylic acids is 1. The highest BCUT2D eigenvalue weighted by Crippen LogP contribution is 2.31. The van der Waals surface area contributed by atoms with Crippen molar-refractivity contribution in [2.75, 3.05) is 58.9 Å². The number of nitrogens with zero attached hydrogens (tertiary/aromatic N) is 4. The van der Waals surface area contributed by atoms with Gasteiger partial charge in [-0.3, -0.25) is 9.69 Å². The summed E-state index contributed by atoms with van der Waals surface area (Å²) < 4.78 is 10.8. The van der Waals surface area contributed by atoms with Gasteiger partial charge in [-0.2, -0.15) is 0 Å². The highest BCUT2D eigenvalue weighted by atomic mass is 16.5. The van der Waals surface area contributed by atoms with Gasteiger partial charge < -0.3 is 19.3 Å². The van der Waals surface area contributed by atoms with Gasteiger partial charge in [0.25, 0.3) is 0 Å². The van der Waals surface area contributed by atoms with Gasteiger partial charge in [-0.25, -0.2) is 4.98 Å². The normalized spacial score (nSPS) is 14.6. The smallest absolute Gasteiger partial charge is 0.236 e. The lowest BCUT2D eigenvalue weighted by Crippen LogP contribution is -2.49. The first-order chi connectivity index (χ1) is 13.6. The molecule has 1 saturated heterocycles. The minimum Gasteiger partial charge on any atom is -0.493 e. The first kappa shape index (κ1) is 19.9. The molecular formula is C21H28N4O3. The highest BCUT2D eigenvalue weighted by molar-refractivity contribution is 5.78. The Bertz CT molecular complexity index is 776. The molecule has 0 aliphatic carbocycles. The van der Waals surface area contributed by atoms with Gasteiger partial charge in [0.2, 0.25) is 5.91 Å². The molecule has 1 amide bonds. The maximum Gasteiger partial charge on any atom is 0.236 e. The van der Waals surface area contributed by atoms with E-state index in [2.05, 4.69) is 14.8 Å². The molecule has 150 valence electrons. The number of pyridine rings is 1. The van der Waals surface area contributed by atoms with Gasteiger partial charge in [0.15, 0.2) is 11.5 Å². The van der Waals surface area contributed by atoms with Crippen molar-refractivity contribution in [3.05, 3.63) is 48.2 Å². The average Bonchev–Trinajstić information content (AvgIpc) is 2.74. The summed E-state index contributed by atoms with van der Waals surface area (Å²) in [6.45, 7) is 4.33. The van der Waals surface area contributed by atoms with E-state index in [0.717, 1.165) is 37.6 Å². The molecule has 0 atom stereocenters. The van der Waals surface area contributed by atoms with E-state index in [-0.39, 0.29) is 5.91 Å². The summed E-state index contributed by atoms with van der Waals surface area (Å²) in [5, 5.41) is 0. The first-order valence-electron chi connectivity index (χ1n) is 9.44. The minimum atomic E-state index is 0.0937. The molecule has 1 aromatic carbocycles. The van der Waals surface area contributed by atoms with Crippen LogP contribution in [0, 0.1) is 0 Å². The van der Waals surface area contributed by atoms with Crippen LogP contribution >= 0.6 is 0 Å². The molecule has 1 aromatic heterocycles. The number of carbonyl (C=O) groups is 1. The van der Waals surface area contributed by atoms with Crippen LogP contribution in [-0.2, 0) is 11.3 Å². The van der Waals surface area contributed by atoms with Crippen LogP contribution in [0.5, 0.6) is 11.5 Å². The molecule has 7 heteroatoms. The van der Waals surface area contributed by atoms with Crippen LogP contribution in [0.2, 0.25) is 0 Å². The Balaban J connectivity index is 1.53. The van der Waals surface area contributed by atoms with Crippen molar-refractivity contribution in [3.8, 4) is 11.5 Å². The van der Waals surface area contributed by atoms with E-state index >= 15 is 0 Å². The number of hydrogen-bond acceptors (Lipinski definition) is 6. The van der Waals surface area contributed by atoms with Crippen LogP contribution in [0.25, 0.3) is 0 Å². The van der Waals surface area contributed by atoms with Gasteiger partial charge >= 0.3 is 0 Å². The molecule has 3 rings (SSSR count). The van der Waals surface area contributed by atoms with E-state index in [1.165, 1.54) is 0 Å². The lowest BCUT2D eigenvalue weighted by Gasteiger charge is -2.35. The van der Waals surface area contributed by atoms with E-state index < -0.39 is 0 Å². The van der Waals surface area contributed by atoms with E-state index in [1.54, 1.807) is 19.1 Å². The van der Waals surface area contributed by atoms with Crippen molar-refractivity contribution in [1.82, 2.24) is 14.8 Å². The topological polar surface area (TPSA) is 58.1 Å². The van der Waals surface area contributed by atoms with Crippen molar-refractivity contribution < 1.29 is 14.3 Å². The maximum atomic E-state index is 12.7. The summed E-state index contributed by atoms with van der Waals surface area (Å²) in [6.07, 6.45) is 1.81. The SMILES string of the molecule is COc1cccc(CN(C)C(=O)CN2CCN(c3ccccn3)CC2)c1OC. The second-order valence-electron chi connectivity index (χ2n) is 6.85. The fraction of sp³-hybridized carbons (Fsp3) is 0.429. The van der Waals surface area contributed by atoms with Crippen molar-refractivity contribution >= 4 is 11.7 Å². The third-order valence-corrected chi connectivity index (χ3v) is 5.02. The molecule has 0 saturated carbocycles. The van der Waals surface area contributed by atoms with Crippen LogP contribution in [0.15, 0.2) is 42.6 Å². The average molecular weight is 384 g/mol. The van der Waals surface area contributed by atoms with Crippen LogP contribution < -0.4 is 14.4 Å². The molecule has 0 N–H and O–H groups in total. The fourth-order valence-corrected chi connectivity index (χ4v) is 3.41. The molecule has 0 radical (unpaired) electrons. The number of methoxy groups -OCH3 is 2. The Morgan fingerprint density at radius 1 is 1.07 bits per heavy atom. The Morgan fingerprint density at radius 3 is 2.50 bits per heavy atom. The van der Waals surface area contributed by atoms with Crippen molar-refractivity contribution in [2.24, 2.45) is 0 Å². The number of para-hydroxylation sites is 1. The van der Waals surface area contributed by atoms with Gasteiger partial charge in [-0.15, -0.1) is 0 Å². The molecule has 2 heterocycles. The summed E-state index contributed by atoms with van der Waals surface area (Å²) in [5.74, 6) is 2.44. The number of aromatic nitrogens is 1. The van der Waals surface area contributed by atoms with Gasteiger partial charge in [0, 0.05) is 51.5 Å².